The van der Waals surface area contributed by atoms with Gasteiger partial charge in [-0.2, -0.15) is 4.98 Å². The van der Waals surface area contributed by atoms with Crippen molar-refractivity contribution in [3.8, 4) is 0 Å². The van der Waals surface area contributed by atoms with Crippen molar-refractivity contribution in [2.75, 3.05) is 18.5 Å². The van der Waals surface area contributed by atoms with Gasteiger partial charge >= 0.3 is 0 Å². The van der Waals surface area contributed by atoms with Crippen LogP contribution in [0.25, 0.3) is 0 Å². The smallest absolute Gasteiger partial charge is 0.248 e. The van der Waals surface area contributed by atoms with Crippen molar-refractivity contribution in [2.45, 2.75) is 26.7 Å². The largest absolute Gasteiger partial charge is 0.381 e. The standard InChI is InChI=1S/C9H16N4O2/c1-3-5-15-6-4-8(14)11-9-10-7(2)12-13-9/h3-6H2,1-2H3,(H2,10,11,12,13,14). The number of aromatic nitrogens is 3. The topological polar surface area (TPSA) is 79.9 Å². The van der Waals surface area contributed by atoms with Gasteiger partial charge in [-0.25, -0.2) is 0 Å². The molecule has 0 saturated carbocycles. The molecule has 0 saturated heterocycles. The van der Waals surface area contributed by atoms with Gasteiger partial charge in [-0.3, -0.25) is 15.2 Å². The van der Waals surface area contributed by atoms with E-state index in [2.05, 4.69) is 20.5 Å². The van der Waals surface area contributed by atoms with Crippen molar-refractivity contribution >= 4 is 11.9 Å². The Hall–Kier alpha value is -1.43. The molecule has 0 unspecified atom stereocenters. The number of carbonyl (C=O) groups excluding carboxylic acids is 1. The summed E-state index contributed by atoms with van der Waals surface area (Å²) in [6, 6.07) is 0. The van der Waals surface area contributed by atoms with Crippen LogP contribution in [0.5, 0.6) is 0 Å². The molecule has 1 heterocycles. The molecule has 6 heteroatoms. The Balaban J connectivity index is 2.18. The highest BCUT2D eigenvalue weighted by Crippen LogP contribution is 1.98. The minimum Gasteiger partial charge on any atom is -0.381 e. The fraction of sp³-hybridized carbons (Fsp3) is 0.667. The number of hydrogen-bond acceptors (Lipinski definition) is 4. The maximum Gasteiger partial charge on any atom is 0.248 e. The number of rotatable bonds is 6. The van der Waals surface area contributed by atoms with Crippen LogP contribution in [0.1, 0.15) is 25.6 Å². The fourth-order valence-electron chi connectivity index (χ4n) is 0.997. The van der Waals surface area contributed by atoms with Gasteiger partial charge in [0.25, 0.3) is 0 Å². The van der Waals surface area contributed by atoms with Gasteiger partial charge in [0.05, 0.1) is 13.0 Å². The number of ether oxygens (including phenoxy) is 1. The molecule has 0 spiro atoms. The highest BCUT2D eigenvalue weighted by atomic mass is 16.5. The number of hydrogen-bond donors (Lipinski definition) is 2. The number of aromatic amines is 1. The lowest BCUT2D eigenvalue weighted by Crippen LogP contribution is -2.15. The van der Waals surface area contributed by atoms with Crippen LogP contribution in [-0.2, 0) is 9.53 Å². The molecular formula is C9H16N4O2. The molecule has 0 aliphatic rings. The zero-order valence-electron chi connectivity index (χ0n) is 9.04. The van der Waals surface area contributed by atoms with Gasteiger partial charge in [0.2, 0.25) is 11.9 Å². The average molecular weight is 212 g/mol. The Morgan fingerprint density at radius 3 is 2.93 bits per heavy atom. The molecule has 0 radical (unpaired) electrons. The van der Waals surface area contributed by atoms with Crippen molar-refractivity contribution in [3.05, 3.63) is 5.82 Å². The average Bonchev–Trinajstić information content (AvgIpc) is 2.59. The summed E-state index contributed by atoms with van der Waals surface area (Å²) in [5.74, 6) is 0.852. The molecular weight excluding hydrogens is 196 g/mol. The summed E-state index contributed by atoms with van der Waals surface area (Å²) >= 11 is 0. The third-order valence-corrected chi connectivity index (χ3v) is 1.67. The van der Waals surface area contributed by atoms with Crippen molar-refractivity contribution in [1.82, 2.24) is 15.2 Å². The number of nitrogens with zero attached hydrogens (tertiary/aromatic N) is 2. The summed E-state index contributed by atoms with van der Waals surface area (Å²) in [6.07, 6.45) is 1.29. The molecule has 0 bridgehead atoms. The molecule has 6 nitrogen and oxygen atoms in total. The maximum absolute atomic E-state index is 11.3. The van der Waals surface area contributed by atoms with Gasteiger partial charge in [-0.05, 0) is 13.3 Å². The van der Waals surface area contributed by atoms with E-state index in [9.17, 15) is 4.79 Å². The molecule has 2 N–H and O–H groups in total. The summed E-state index contributed by atoms with van der Waals surface area (Å²) in [7, 11) is 0. The Morgan fingerprint density at radius 2 is 2.33 bits per heavy atom. The highest BCUT2D eigenvalue weighted by Gasteiger charge is 2.05. The van der Waals surface area contributed by atoms with Gasteiger partial charge in [0, 0.05) is 6.61 Å². The van der Waals surface area contributed by atoms with Gasteiger partial charge in [0.15, 0.2) is 0 Å². The van der Waals surface area contributed by atoms with Crippen molar-refractivity contribution in [1.29, 1.82) is 0 Å². The number of H-pyrrole nitrogens is 1. The quantitative estimate of drug-likeness (QED) is 0.685. The Morgan fingerprint density at radius 1 is 1.53 bits per heavy atom. The van der Waals surface area contributed by atoms with E-state index in [4.69, 9.17) is 4.74 Å². The van der Waals surface area contributed by atoms with Crippen LogP contribution in [-0.4, -0.2) is 34.3 Å². The van der Waals surface area contributed by atoms with E-state index in [0.717, 1.165) is 6.42 Å². The van der Waals surface area contributed by atoms with Crippen LogP contribution in [0.15, 0.2) is 0 Å². The van der Waals surface area contributed by atoms with Crippen LogP contribution in [0.4, 0.5) is 5.95 Å². The van der Waals surface area contributed by atoms with Crippen LogP contribution < -0.4 is 5.32 Å². The van der Waals surface area contributed by atoms with Gasteiger partial charge in [-0.15, -0.1) is 5.10 Å². The first kappa shape index (κ1) is 11.6. The first-order chi connectivity index (χ1) is 7.22. The Bertz CT molecular complexity index is 311. The van der Waals surface area contributed by atoms with Crippen molar-refractivity contribution in [2.24, 2.45) is 0 Å². The van der Waals surface area contributed by atoms with E-state index in [1.807, 2.05) is 6.92 Å². The van der Waals surface area contributed by atoms with E-state index < -0.39 is 0 Å². The zero-order valence-corrected chi connectivity index (χ0v) is 9.04. The van der Waals surface area contributed by atoms with Crippen LogP contribution >= 0.6 is 0 Å². The number of nitrogens with one attached hydrogen (secondary N) is 2. The van der Waals surface area contributed by atoms with Crippen LogP contribution in [0, 0.1) is 6.92 Å². The first-order valence-corrected chi connectivity index (χ1v) is 4.99. The molecule has 0 aromatic carbocycles. The molecule has 1 aromatic rings. The van der Waals surface area contributed by atoms with Crippen LogP contribution in [0.2, 0.25) is 0 Å². The summed E-state index contributed by atoms with van der Waals surface area (Å²) in [6.45, 7) is 4.92. The normalized spacial score (nSPS) is 10.3. The fourth-order valence-corrected chi connectivity index (χ4v) is 0.997. The van der Waals surface area contributed by atoms with E-state index in [1.165, 1.54) is 0 Å². The highest BCUT2D eigenvalue weighted by molar-refractivity contribution is 5.88. The molecule has 0 atom stereocenters. The molecule has 1 rings (SSSR count). The minimum atomic E-state index is -0.134. The predicted octanol–water partition coefficient (Wildman–Crippen LogP) is 0.868. The van der Waals surface area contributed by atoms with Crippen molar-refractivity contribution in [3.63, 3.8) is 0 Å². The molecule has 0 aliphatic carbocycles. The number of aryl methyl sites for hydroxylation is 1. The summed E-state index contributed by atoms with van der Waals surface area (Å²) in [5.41, 5.74) is 0. The lowest BCUT2D eigenvalue weighted by Gasteiger charge is -2.01. The molecule has 84 valence electrons. The maximum atomic E-state index is 11.3. The van der Waals surface area contributed by atoms with E-state index in [0.29, 0.717) is 31.4 Å². The summed E-state index contributed by atoms with van der Waals surface area (Å²) < 4.78 is 5.19. The second-order valence-corrected chi connectivity index (χ2v) is 3.15. The molecule has 0 fully saturated rings. The van der Waals surface area contributed by atoms with Gasteiger partial charge in [-0.1, -0.05) is 6.92 Å². The van der Waals surface area contributed by atoms with Gasteiger partial charge in [0.1, 0.15) is 5.82 Å². The summed E-state index contributed by atoms with van der Waals surface area (Å²) in [4.78, 5) is 15.3. The monoisotopic (exact) mass is 212 g/mol. The third-order valence-electron chi connectivity index (χ3n) is 1.67. The van der Waals surface area contributed by atoms with E-state index in [1.54, 1.807) is 6.92 Å². The summed E-state index contributed by atoms with van der Waals surface area (Å²) in [5, 5.41) is 9.00. The second-order valence-electron chi connectivity index (χ2n) is 3.15. The minimum absolute atomic E-state index is 0.134. The molecule has 1 aromatic heterocycles. The molecule has 1 amide bonds. The Labute approximate surface area is 88.4 Å². The lowest BCUT2D eigenvalue weighted by atomic mass is 10.4. The number of anilines is 1. The van der Waals surface area contributed by atoms with E-state index in [-0.39, 0.29) is 5.91 Å². The lowest BCUT2D eigenvalue weighted by molar-refractivity contribution is -0.117. The predicted molar refractivity (Wildman–Crippen MR) is 55.5 cm³/mol. The van der Waals surface area contributed by atoms with Crippen molar-refractivity contribution < 1.29 is 9.53 Å². The molecule has 0 aliphatic heterocycles. The first-order valence-electron chi connectivity index (χ1n) is 4.99. The third kappa shape index (κ3) is 4.55. The second kappa shape index (κ2) is 6.13. The molecule has 15 heavy (non-hydrogen) atoms. The Kier molecular flexibility index (Phi) is 4.76. The van der Waals surface area contributed by atoms with Crippen LogP contribution in [0.3, 0.4) is 0 Å². The van der Waals surface area contributed by atoms with Gasteiger partial charge < -0.3 is 4.74 Å². The van der Waals surface area contributed by atoms with E-state index >= 15 is 0 Å². The SMILES string of the molecule is CCCOCCC(=O)Nc1n[nH]c(C)n1. The number of carbonyl (C=O) groups is 1. The zero-order chi connectivity index (χ0) is 11.1. The number of amides is 1.